The lowest BCUT2D eigenvalue weighted by Gasteiger charge is -2.26. The SMILES string of the molecule is COc1ccc(C)cc1CC1(CN)CCOC1. The number of aryl methyl sites for hydroxylation is 1. The lowest BCUT2D eigenvalue weighted by Crippen LogP contribution is -2.33. The average Bonchev–Trinajstić information content (AvgIpc) is 2.79. The number of methoxy groups -OCH3 is 1. The molecule has 1 aromatic rings. The van der Waals surface area contributed by atoms with Crippen molar-refractivity contribution in [1.29, 1.82) is 0 Å². The van der Waals surface area contributed by atoms with Crippen LogP contribution in [0.25, 0.3) is 0 Å². The molecule has 0 aromatic heterocycles. The van der Waals surface area contributed by atoms with E-state index in [4.69, 9.17) is 15.2 Å². The van der Waals surface area contributed by atoms with E-state index in [1.807, 2.05) is 6.07 Å². The lowest BCUT2D eigenvalue weighted by molar-refractivity contribution is 0.154. The summed E-state index contributed by atoms with van der Waals surface area (Å²) >= 11 is 0. The molecule has 1 heterocycles. The minimum absolute atomic E-state index is 0.0983. The molecule has 1 aliphatic heterocycles. The van der Waals surface area contributed by atoms with Crippen molar-refractivity contribution >= 4 is 0 Å². The second kappa shape index (κ2) is 5.07. The van der Waals surface area contributed by atoms with Crippen LogP contribution in [0.4, 0.5) is 0 Å². The summed E-state index contributed by atoms with van der Waals surface area (Å²) in [5, 5.41) is 0. The summed E-state index contributed by atoms with van der Waals surface area (Å²) in [5.41, 5.74) is 8.52. The van der Waals surface area contributed by atoms with Gasteiger partial charge in [-0.2, -0.15) is 0 Å². The molecule has 1 aromatic carbocycles. The summed E-state index contributed by atoms with van der Waals surface area (Å²) in [4.78, 5) is 0. The first-order chi connectivity index (χ1) is 8.19. The van der Waals surface area contributed by atoms with Crippen LogP contribution in [0.1, 0.15) is 17.5 Å². The first kappa shape index (κ1) is 12.4. The highest BCUT2D eigenvalue weighted by Gasteiger charge is 2.34. The summed E-state index contributed by atoms with van der Waals surface area (Å²) in [5.74, 6) is 0.954. The molecule has 1 atom stereocenters. The molecule has 1 fully saturated rings. The van der Waals surface area contributed by atoms with Crippen molar-refractivity contribution in [3.05, 3.63) is 29.3 Å². The highest BCUT2D eigenvalue weighted by Crippen LogP contribution is 2.34. The van der Waals surface area contributed by atoms with Gasteiger partial charge in [0.2, 0.25) is 0 Å². The van der Waals surface area contributed by atoms with Gasteiger partial charge >= 0.3 is 0 Å². The van der Waals surface area contributed by atoms with Crippen molar-refractivity contribution in [3.8, 4) is 5.75 Å². The van der Waals surface area contributed by atoms with Crippen molar-refractivity contribution in [2.45, 2.75) is 19.8 Å². The number of nitrogens with two attached hydrogens (primary N) is 1. The first-order valence-corrected chi connectivity index (χ1v) is 6.10. The minimum Gasteiger partial charge on any atom is -0.496 e. The van der Waals surface area contributed by atoms with E-state index in [2.05, 4.69) is 19.1 Å². The quantitative estimate of drug-likeness (QED) is 0.867. The predicted octanol–water partition coefficient (Wildman–Crippen LogP) is 1.91. The molecule has 0 radical (unpaired) electrons. The topological polar surface area (TPSA) is 44.5 Å². The van der Waals surface area contributed by atoms with Crippen molar-refractivity contribution < 1.29 is 9.47 Å². The highest BCUT2D eigenvalue weighted by atomic mass is 16.5. The zero-order valence-corrected chi connectivity index (χ0v) is 10.7. The summed E-state index contributed by atoms with van der Waals surface area (Å²) in [7, 11) is 1.72. The third-order valence-corrected chi connectivity index (χ3v) is 3.62. The molecule has 94 valence electrons. The normalized spacial score (nSPS) is 23.9. The second-order valence-corrected chi connectivity index (χ2v) is 5.00. The van der Waals surface area contributed by atoms with Gasteiger partial charge < -0.3 is 15.2 Å². The Morgan fingerprint density at radius 1 is 1.47 bits per heavy atom. The van der Waals surface area contributed by atoms with Gasteiger partial charge in [0.05, 0.1) is 13.7 Å². The Labute approximate surface area is 103 Å². The van der Waals surface area contributed by atoms with Gasteiger partial charge in [0.1, 0.15) is 5.75 Å². The Morgan fingerprint density at radius 3 is 2.88 bits per heavy atom. The third kappa shape index (κ3) is 2.61. The molecule has 0 spiro atoms. The molecule has 0 bridgehead atoms. The van der Waals surface area contributed by atoms with Gasteiger partial charge in [-0.15, -0.1) is 0 Å². The largest absolute Gasteiger partial charge is 0.496 e. The van der Waals surface area contributed by atoms with Crippen molar-refractivity contribution in [1.82, 2.24) is 0 Å². The molecule has 1 aliphatic rings. The van der Waals surface area contributed by atoms with E-state index in [0.29, 0.717) is 6.54 Å². The van der Waals surface area contributed by atoms with Gasteiger partial charge in [0.25, 0.3) is 0 Å². The van der Waals surface area contributed by atoms with Crippen LogP contribution in [0.5, 0.6) is 5.75 Å². The molecule has 2 rings (SSSR count). The van der Waals surface area contributed by atoms with Gasteiger partial charge in [0.15, 0.2) is 0 Å². The van der Waals surface area contributed by atoms with Crippen LogP contribution < -0.4 is 10.5 Å². The second-order valence-electron chi connectivity index (χ2n) is 5.00. The molecule has 1 saturated heterocycles. The molecule has 1 unspecified atom stereocenters. The Kier molecular flexibility index (Phi) is 3.69. The van der Waals surface area contributed by atoms with Crippen LogP contribution in [0, 0.1) is 12.3 Å². The highest BCUT2D eigenvalue weighted by molar-refractivity contribution is 5.37. The molecule has 0 aliphatic carbocycles. The van der Waals surface area contributed by atoms with Crippen LogP contribution in [0.3, 0.4) is 0 Å². The van der Waals surface area contributed by atoms with Crippen LogP contribution in [-0.2, 0) is 11.2 Å². The van der Waals surface area contributed by atoms with E-state index in [9.17, 15) is 0 Å². The summed E-state index contributed by atoms with van der Waals surface area (Å²) in [6.07, 6.45) is 1.98. The fraction of sp³-hybridized carbons (Fsp3) is 0.571. The van der Waals surface area contributed by atoms with E-state index >= 15 is 0 Å². The molecule has 17 heavy (non-hydrogen) atoms. The van der Waals surface area contributed by atoms with E-state index in [0.717, 1.165) is 31.8 Å². The van der Waals surface area contributed by atoms with Crippen molar-refractivity contribution in [3.63, 3.8) is 0 Å². The molecule has 3 nitrogen and oxygen atoms in total. The van der Waals surface area contributed by atoms with Gasteiger partial charge in [-0.05, 0) is 31.4 Å². The Morgan fingerprint density at radius 2 is 2.29 bits per heavy atom. The van der Waals surface area contributed by atoms with Gasteiger partial charge in [-0.25, -0.2) is 0 Å². The number of hydrogen-bond donors (Lipinski definition) is 1. The lowest BCUT2D eigenvalue weighted by atomic mass is 9.80. The monoisotopic (exact) mass is 235 g/mol. The van der Waals surface area contributed by atoms with Crippen molar-refractivity contribution in [2.75, 3.05) is 26.9 Å². The third-order valence-electron chi connectivity index (χ3n) is 3.62. The Balaban J connectivity index is 2.24. The van der Waals surface area contributed by atoms with E-state index in [1.165, 1.54) is 11.1 Å². The number of benzene rings is 1. The zero-order valence-electron chi connectivity index (χ0n) is 10.7. The standard InChI is InChI=1S/C14H21NO2/c1-11-3-4-13(16-2)12(7-11)8-14(9-15)5-6-17-10-14/h3-4,7H,5-6,8-10,15H2,1-2H3. The summed E-state index contributed by atoms with van der Waals surface area (Å²) in [6.45, 7) is 4.36. The van der Waals surface area contributed by atoms with Gasteiger partial charge in [-0.1, -0.05) is 17.7 Å². The number of rotatable bonds is 4. The van der Waals surface area contributed by atoms with Crippen LogP contribution >= 0.6 is 0 Å². The van der Waals surface area contributed by atoms with Crippen LogP contribution in [0.15, 0.2) is 18.2 Å². The van der Waals surface area contributed by atoms with E-state index in [1.54, 1.807) is 7.11 Å². The molecule has 0 amide bonds. The molecule has 3 heteroatoms. The summed E-state index contributed by atoms with van der Waals surface area (Å²) in [6, 6.07) is 6.29. The molecule has 0 saturated carbocycles. The maximum absolute atomic E-state index is 5.93. The van der Waals surface area contributed by atoms with Crippen LogP contribution in [0.2, 0.25) is 0 Å². The Bertz CT molecular complexity index is 384. The molecule has 2 N–H and O–H groups in total. The molecular formula is C14H21NO2. The maximum atomic E-state index is 5.93. The average molecular weight is 235 g/mol. The van der Waals surface area contributed by atoms with Gasteiger partial charge in [0, 0.05) is 18.6 Å². The maximum Gasteiger partial charge on any atom is 0.122 e. The summed E-state index contributed by atoms with van der Waals surface area (Å²) < 4.78 is 10.9. The fourth-order valence-electron chi connectivity index (χ4n) is 2.47. The van der Waals surface area contributed by atoms with E-state index in [-0.39, 0.29) is 5.41 Å². The number of hydrogen-bond acceptors (Lipinski definition) is 3. The first-order valence-electron chi connectivity index (χ1n) is 6.10. The fourth-order valence-corrected chi connectivity index (χ4v) is 2.47. The van der Waals surface area contributed by atoms with E-state index < -0.39 is 0 Å². The number of ether oxygens (including phenoxy) is 2. The van der Waals surface area contributed by atoms with Crippen molar-refractivity contribution in [2.24, 2.45) is 11.1 Å². The van der Waals surface area contributed by atoms with Crippen LogP contribution in [-0.4, -0.2) is 26.9 Å². The zero-order chi connectivity index (χ0) is 12.3. The Hall–Kier alpha value is -1.06. The molecular weight excluding hydrogens is 214 g/mol. The smallest absolute Gasteiger partial charge is 0.122 e. The minimum atomic E-state index is 0.0983. The predicted molar refractivity (Wildman–Crippen MR) is 68.4 cm³/mol. The van der Waals surface area contributed by atoms with Gasteiger partial charge in [-0.3, -0.25) is 0 Å².